The number of phenols is 1. The van der Waals surface area contributed by atoms with Crippen LogP contribution in [0.15, 0.2) is 21.1 Å². The zero-order chi connectivity index (χ0) is 11.6. The van der Waals surface area contributed by atoms with Gasteiger partial charge in [-0.2, -0.15) is 0 Å². The lowest BCUT2D eigenvalue weighted by molar-refractivity contribution is -0.135. The Labute approximate surface area is 104 Å². The summed E-state index contributed by atoms with van der Waals surface area (Å²) in [7, 11) is 0. The quantitative estimate of drug-likeness (QED) is 0.640. The van der Waals surface area contributed by atoms with Crippen LogP contribution in [0, 0.1) is 0 Å². The predicted molar refractivity (Wildman–Crippen MR) is 62.8 cm³/mol. The summed E-state index contributed by atoms with van der Waals surface area (Å²) >= 11 is 6.24. The van der Waals surface area contributed by atoms with Crippen molar-refractivity contribution < 1.29 is 14.6 Å². The minimum absolute atomic E-state index is 0.0515. The number of benzene rings is 1. The largest absolute Gasteiger partial charge is 0.506 e. The van der Waals surface area contributed by atoms with Gasteiger partial charge in [-0.25, -0.2) is 4.79 Å². The first-order chi connectivity index (χ1) is 6.91. The number of esters is 1. The van der Waals surface area contributed by atoms with Crippen LogP contribution in [0.4, 0.5) is 0 Å². The third kappa shape index (κ3) is 3.19. The molecular weight excluding hydrogens is 330 g/mol. The smallest absolute Gasteiger partial charge is 0.328 e. The Balaban J connectivity index is 2.93. The van der Waals surface area contributed by atoms with Crippen LogP contribution >= 0.6 is 31.9 Å². The van der Waals surface area contributed by atoms with Gasteiger partial charge in [0.15, 0.2) is 0 Å². The summed E-state index contributed by atoms with van der Waals surface area (Å²) in [5.74, 6) is -0.163. The van der Waals surface area contributed by atoms with Crippen molar-refractivity contribution in [1.29, 1.82) is 0 Å². The molecule has 0 heterocycles. The number of rotatable bonds is 2. The first kappa shape index (κ1) is 12.5. The maximum atomic E-state index is 11.2. The van der Waals surface area contributed by atoms with Crippen LogP contribution in [-0.4, -0.2) is 17.1 Å². The van der Waals surface area contributed by atoms with Crippen LogP contribution < -0.4 is 10.5 Å². The molecule has 0 aliphatic rings. The molecule has 0 unspecified atom stereocenters. The summed E-state index contributed by atoms with van der Waals surface area (Å²) in [5.41, 5.74) is 5.34. The molecule has 0 radical (unpaired) electrons. The van der Waals surface area contributed by atoms with E-state index in [1.165, 1.54) is 19.1 Å². The highest BCUT2D eigenvalue weighted by molar-refractivity contribution is 9.11. The molecule has 82 valence electrons. The predicted octanol–water partition coefficient (Wildman–Crippen LogP) is 2.17. The fraction of sp³-hybridized carbons (Fsp3) is 0.222. The molecule has 0 saturated carbocycles. The van der Waals surface area contributed by atoms with E-state index in [2.05, 4.69) is 31.9 Å². The normalized spacial score (nSPS) is 12.3. The molecule has 0 aliphatic heterocycles. The van der Waals surface area contributed by atoms with E-state index < -0.39 is 12.0 Å². The highest BCUT2D eigenvalue weighted by Crippen LogP contribution is 2.36. The molecule has 0 bridgehead atoms. The highest BCUT2D eigenvalue weighted by atomic mass is 79.9. The van der Waals surface area contributed by atoms with Gasteiger partial charge >= 0.3 is 5.97 Å². The first-order valence-electron chi connectivity index (χ1n) is 4.07. The lowest BCUT2D eigenvalue weighted by atomic mass is 10.3. The second kappa shape index (κ2) is 4.96. The van der Waals surface area contributed by atoms with E-state index in [-0.39, 0.29) is 5.75 Å². The Hall–Kier alpha value is -0.590. The van der Waals surface area contributed by atoms with E-state index in [0.717, 1.165) is 0 Å². The lowest BCUT2D eigenvalue weighted by Crippen LogP contribution is -2.30. The molecule has 0 saturated heterocycles. The summed E-state index contributed by atoms with van der Waals surface area (Å²) in [5, 5.41) is 9.42. The molecule has 4 nitrogen and oxygen atoms in total. The topological polar surface area (TPSA) is 72.6 Å². The average Bonchev–Trinajstić information content (AvgIpc) is 2.13. The number of hydrogen-bond acceptors (Lipinski definition) is 4. The fourth-order valence-electron chi connectivity index (χ4n) is 0.810. The summed E-state index contributed by atoms with van der Waals surface area (Å²) in [4.78, 5) is 11.2. The minimum Gasteiger partial charge on any atom is -0.506 e. The molecule has 0 spiro atoms. The number of carbonyl (C=O) groups is 1. The third-order valence-corrected chi connectivity index (χ3v) is 2.79. The van der Waals surface area contributed by atoms with Crippen LogP contribution in [0.25, 0.3) is 0 Å². The van der Waals surface area contributed by atoms with Crippen molar-refractivity contribution in [1.82, 2.24) is 0 Å². The lowest BCUT2D eigenvalue weighted by Gasteiger charge is -2.08. The van der Waals surface area contributed by atoms with E-state index in [4.69, 9.17) is 10.5 Å². The zero-order valence-electron chi connectivity index (χ0n) is 7.83. The fourth-order valence-corrected chi connectivity index (χ4v) is 1.95. The van der Waals surface area contributed by atoms with Gasteiger partial charge < -0.3 is 15.6 Å². The first-order valence-corrected chi connectivity index (χ1v) is 5.65. The highest BCUT2D eigenvalue weighted by Gasteiger charge is 2.13. The molecule has 15 heavy (non-hydrogen) atoms. The Morgan fingerprint density at radius 2 is 1.93 bits per heavy atom. The molecule has 1 atom stereocenters. The van der Waals surface area contributed by atoms with E-state index >= 15 is 0 Å². The Morgan fingerprint density at radius 1 is 1.47 bits per heavy atom. The SMILES string of the molecule is C[C@H](N)C(=O)Oc1cc(Br)c(O)c(Br)c1. The van der Waals surface area contributed by atoms with E-state index in [1.807, 2.05) is 0 Å². The minimum atomic E-state index is -0.684. The van der Waals surface area contributed by atoms with Gasteiger partial charge in [-0.05, 0) is 50.9 Å². The zero-order valence-corrected chi connectivity index (χ0v) is 11.0. The Bertz CT molecular complexity index is 370. The van der Waals surface area contributed by atoms with Crippen molar-refractivity contribution in [3.8, 4) is 11.5 Å². The van der Waals surface area contributed by atoms with Crippen molar-refractivity contribution in [2.75, 3.05) is 0 Å². The number of nitrogens with two attached hydrogens (primary N) is 1. The molecule has 1 rings (SSSR count). The van der Waals surface area contributed by atoms with Gasteiger partial charge in [0.1, 0.15) is 17.5 Å². The van der Waals surface area contributed by atoms with Crippen LogP contribution in [0.1, 0.15) is 6.92 Å². The van der Waals surface area contributed by atoms with Crippen LogP contribution in [-0.2, 0) is 4.79 Å². The maximum absolute atomic E-state index is 11.2. The van der Waals surface area contributed by atoms with E-state index in [1.54, 1.807) is 0 Å². The van der Waals surface area contributed by atoms with E-state index in [0.29, 0.717) is 14.7 Å². The van der Waals surface area contributed by atoms with Crippen molar-refractivity contribution >= 4 is 37.8 Å². The molecule has 6 heteroatoms. The summed E-state index contributed by atoms with van der Waals surface area (Å²) < 4.78 is 5.83. The van der Waals surface area contributed by atoms with Crippen LogP contribution in [0.2, 0.25) is 0 Å². The molecule has 0 aliphatic carbocycles. The van der Waals surface area contributed by atoms with Gasteiger partial charge in [0.2, 0.25) is 0 Å². The van der Waals surface area contributed by atoms with Crippen molar-refractivity contribution in [3.63, 3.8) is 0 Å². The molecule has 0 aromatic heterocycles. The second-order valence-corrected chi connectivity index (χ2v) is 4.65. The summed E-state index contributed by atoms with van der Waals surface area (Å²) in [6.45, 7) is 1.53. The van der Waals surface area contributed by atoms with Crippen molar-refractivity contribution in [3.05, 3.63) is 21.1 Å². The van der Waals surface area contributed by atoms with Gasteiger partial charge in [-0.3, -0.25) is 0 Å². The number of phenolic OH excluding ortho intramolecular Hbond substituents is 1. The Morgan fingerprint density at radius 3 is 2.33 bits per heavy atom. The average molecular weight is 339 g/mol. The molecule has 3 N–H and O–H groups in total. The van der Waals surface area contributed by atoms with E-state index in [9.17, 15) is 9.90 Å². The van der Waals surface area contributed by atoms with Crippen LogP contribution in [0.3, 0.4) is 0 Å². The van der Waals surface area contributed by atoms with Gasteiger partial charge in [-0.15, -0.1) is 0 Å². The third-order valence-electron chi connectivity index (χ3n) is 1.58. The van der Waals surface area contributed by atoms with Gasteiger partial charge in [0.05, 0.1) is 8.95 Å². The number of aromatic hydroxyl groups is 1. The Kier molecular flexibility index (Phi) is 4.12. The van der Waals surface area contributed by atoms with Gasteiger partial charge in [0.25, 0.3) is 0 Å². The molecule has 0 amide bonds. The van der Waals surface area contributed by atoms with Crippen LogP contribution in [0.5, 0.6) is 11.5 Å². The summed E-state index contributed by atoms with van der Waals surface area (Å²) in [6.07, 6.45) is 0. The number of hydrogen-bond donors (Lipinski definition) is 2. The van der Waals surface area contributed by atoms with Gasteiger partial charge in [0, 0.05) is 0 Å². The van der Waals surface area contributed by atoms with Crippen molar-refractivity contribution in [2.24, 2.45) is 5.73 Å². The molecule has 1 aromatic rings. The van der Waals surface area contributed by atoms with Gasteiger partial charge in [-0.1, -0.05) is 0 Å². The number of halogens is 2. The number of carbonyl (C=O) groups excluding carboxylic acids is 1. The monoisotopic (exact) mass is 337 g/mol. The second-order valence-electron chi connectivity index (χ2n) is 2.95. The molecule has 0 fully saturated rings. The summed E-state index contributed by atoms with van der Waals surface area (Å²) in [6, 6.07) is 2.29. The molecule has 1 aromatic carbocycles. The standard InChI is InChI=1S/C9H9Br2NO3/c1-4(12)9(14)15-5-2-6(10)8(13)7(11)3-5/h2-4,13H,12H2,1H3/t4-/m0/s1. The maximum Gasteiger partial charge on any atom is 0.328 e. The number of ether oxygens (including phenoxy) is 1. The van der Waals surface area contributed by atoms with Crippen molar-refractivity contribution in [2.45, 2.75) is 13.0 Å². The molecular formula is C9H9Br2NO3.